The van der Waals surface area contributed by atoms with Gasteiger partial charge in [0.2, 0.25) is 6.20 Å². The van der Waals surface area contributed by atoms with Crippen LogP contribution in [0.3, 0.4) is 0 Å². The minimum atomic E-state index is -0.535. The average Bonchev–Trinajstić information content (AvgIpc) is 2.15. The molecule has 0 amide bonds. The highest BCUT2D eigenvalue weighted by atomic mass is 35.5. The van der Waals surface area contributed by atoms with Crippen LogP contribution in [-0.2, 0) is 6.54 Å². The molecule has 0 saturated carbocycles. The third-order valence-electron chi connectivity index (χ3n) is 1.41. The fraction of sp³-hybridized carbons (Fsp3) is 0.125. The minimum Gasteiger partial charge on any atom is -0.382 e. The second-order valence-corrected chi connectivity index (χ2v) is 2.86. The molecule has 0 aliphatic rings. The van der Waals surface area contributed by atoms with E-state index in [9.17, 15) is 10.1 Å². The molecule has 0 aliphatic carbocycles. The van der Waals surface area contributed by atoms with Gasteiger partial charge in [-0.15, -0.1) is 0 Å². The van der Waals surface area contributed by atoms with Crippen molar-refractivity contribution in [2.75, 3.05) is 0 Å². The first kappa shape index (κ1) is 10.5. The first-order valence-corrected chi connectivity index (χ1v) is 4.20. The van der Waals surface area contributed by atoms with E-state index < -0.39 is 4.92 Å². The summed E-state index contributed by atoms with van der Waals surface area (Å²) in [6, 6.07) is 3.46. The van der Waals surface area contributed by atoms with E-state index in [0.717, 1.165) is 11.8 Å². The topological polar surface area (TPSA) is 68.1 Å². The lowest BCUT2D eigenvalue weighted by atomic mass is 10.3. The number of hydrogen-bond donors (Lipinski definition) is 1. The van der Waals surface area contributed by atoms with Gasteiger partial charge >= 0.3 is 0 Å². The van der Waals surface area contributed by atoms with Crippen molar-refractivity contribution in [3.8, 4) is 0 Å². The van der Waals surface area contributed by atoms with Crippen LogP contribution in [0, 0.1) is 10.1 Å². The lowest BCUT2D eigenvalue weighted by Crippen LogP contribution is -2.05. The highest BCUT2D eigenvalue weighted by molar-refractivity contribution is 6.29. The largest absolute Gasteiger partial charge is 0.382 e. The Kier molecular flexibility index (Phi) is 3.87. The van der Waals surface area contributed by atoms with Crippen LogP contribution in [0.25, 0.3) is 0 Å². The van der Waals surface area contributed by atoms with Crippen LogP contribution in [0.4, 0.5) is 0 Å². The molecule has 5 nitrogen and oxygen atoms in total. The van der Waals surface area contributed by atoms with E-state index in [1.807, 2.05) is 0 Å². The third-order valence-corrected chi connectivity index (χ3v) is 1.63. The SMILES string of the molecule is O=[N+]([O-])C=CNCc1ccc(Cl)nc1. The zero-order valence-electron chi connectivity index (χ0n) is 7.18. The molecule has 1 aromatic rings. The van der Waals surface area contributed by atoms with Gasteiger partial charge in [-0.2, -0.15) is 0 Å². The smallest absolute Gasteiger partial charge is 0.249 e. The molecule has 6 heteroatoms. The zero-order chi connectivity index (χ0) is 10.4. The molecule has 1 rings (SSSR count). The summed E-state index contributed by atoms with van der Waals surface area (Å²) in [6.45, 7) is 0.481. The summed E-state index contributed by atoms with van der Waals surface area (Å²) in [4.78, 5) is 13.2. The molecule has 0 atom stereocenters. The van der Waals surface area contributed by atoms with Gasteiger partial charge in [0, 0.05) is 12.7 Å². The van der Waals surface area contributed by atoms with E-state index in [2.05, 4.69) is 10.3 Å². The van der Waals surface area contributed by atoms with Gasteiger partial charge in [-0.25, -0.2) is 4.98 Å². The molecular weight excluding hydrogens is 206 g/mol. The summed E-state index contributed by atoms with van der Waals surface area (Å²) >= 11 is 5.58. The second kappa shape index (κ2) is 5.18. The van der Waals surface area contributed by atoms with Crippen molar-refractivity contribution in [2.24, 2.45) is 0 Å². The van der Waals surface area contributed by atoms with Crippen LogP contribution in [0.15, 0.2) is 30.7 Å². The van der Waals surface area contributed by atoms with Crippen LogP contribution in [0.5, 0.6) is 0 Å². The Balaban J connectivity index is 2.39. The number of pyridine rings is 1. The molecule has 0 aromatic carbocycles. The summed E-state index contributed by atoms with van der Waals surface area (Å²) in [7, 11) is 0. The fourth-order valence-electron chi connectivity index (χ4n) is 0.801. The molecule has 74 valence electrons. The Bertz CT molecular complexity index is 337. The molecule has 14 heavy (non-hydrogen) atoms. The van der Waals surface area contributed by atoms with E-state index in [-0.39, 0.29) is 0 Å². The maximum Gasteiger partial charge on any atom is 0.249 e. The van der Waals surface area contributed by atoms with Gasteiger partial charge < -0.3 is 5.32 Å². The van der Waals surface area contributed by atoms with Gasteiger partial charge in [-0.05, 0) is 11.6 Å². The number of rotatable bonds is 4. The summed E-state index contributed by atoms with van der Waals surface area (Å²) < 4.78 is 0. The van der Waals surface area contributed by atoms with Gasteiger partial charge in [-0.3, -0.25) is 10.1 Å². The molecule has 1 N–H and O–H groups in total. The first-order chi connectivity index (χ1) is 6.68. The van der Waals surface area contributed by atoms with Crippen LogP contribution in [0.2, 0.25) is 5.15 Å². The third kappa shape index (κ3) is 3.86. The summed E-state index contributed by atoms with van der Waals surface area (Å²) in [5.41, 5.74) is 0.905. The summed E-state index contributed by atoms with van der Waals surface area (Å²) in [5.74, 6) is 0. The van der Waals surface area contributed by atoms with Gasteiger partial charge in [0.15, 0.2) is 0 Å². The number of aromatic nitrogens is 1. The van der Waals surface area contributed by atoms with Crippen molar-refractivity contribution >= 4 is 11.6 Å². The van der Waals surface area contributed by atoms with Crippen LogP contribution in [0.1, 0.15) is 5.56 Å². The molecule has 0 bridgehead atoms. The number of halogens is 1. The molecular formula is C8H8ClN3O2. The lowest BCUT2D eigenvalue weighted by molar-refractivity contribution is -0.402. The highest BCUT2D eigenvalue weighted by Gasteiger charge is 1.92. The predicted molar refractivity (Wildman–Crippen MR) is 52.2 cm³/mol. The number of nitro groups is 1. The van der Waals surface area contributed by atoms with Crippen molar-refractivity contribution in [1.29, 1.82) is 0 Å². The highest BCUT2D eigenvalue weighted by Crippen LogP contribution is 2.04. The molecule has 0 radical (unpaired) electrons. The van der Waals surface area contributed by atoms with Crippen molar-refractivity contribution in [3.63, 3.8) is 0 Å². The predicted octanol–water partition coefficient (Wildman–Crippen LogP) is 1.57. The summed E-state index contributed by atoms with van der Waals surface area (Å²) in [6.07, 6.45) is 3.72. The molecule has 1 heterocycles. The number of nitrogens with one attached hydrogen (secondary N) is 1. The van der Waals surface area contributed by atoms with Gasteiger partial charge in [-0.1, -0.05) is 17.7 Å². The Morgan fingerprint density at radius 3 is 3.00 bits per heavy atom. The van der Waals surface area contributed by atoms with E-state index in [1.54, 1.807) is 18.3 Å². The average molecular weight is 214 g/mol. The van der Waals surface area contributed by atoms with Crippen LogP contribution in [-0.4, -0.2) is 9.91 Å². The Hall–Kier alpha value is -1.62. The standard InChI is InChI=1S/C8H8ClN3O2/c9-8-2-1-7(6-11-8)5-10-3-4-12(13)14/h1-4,6,10H,5H2. The van der Waals surface area contributed by atoms with E-state index >= 15 is 0 Å². The molecule has 0 unspecified atom stereocenters. The van der Waals surface area contributed by atoms with E-state index in [0.29, 0.717) is 11.7 Å². The van der Waals surface area contributed by atoms with Gasteiger partial charge in [0.25, 0.3) is 0 Å². The van der Waals surface area contributed by atoms with Gasteiger partial charge in [0.05, 0.1) is 11.1 Å². The van der Waals surface area contributed by atoms with Crippen LogP contribution < -0.4 is 5.32 Å². The number of hydrogen-bond acceptors (Lipinski definition) is 4. The van der Waals surface area contributed by atoms with Gasteiger partial charge in [0.1, 0.15) is 5.15 Å². The van der Waals surface area contributed by atoms with Crippen LogP contribution >= 0.6 is 11.6 Å². The lowest BCUT2D eigenvalue weighted by Gasteiger charge is -1.98. The molecule has 0 fully saturated rings. The molecule has 0 spiro atoms. The maximum absolute atomic E-state index is 9.90. The second-order valence-electron chi connectivity index (χ2n) is 2.47. The Morgan fingerprint density at radius 1 is 1.64 bits per heavy atom. The molecule has 0 saturated heterocycles. The first-order valence-electron chi connectivity index (χ1n) is 3.82. The normalized spacial score (nSPS) is 10.4. The maximum atomic E-state index is 9.90. The van der Waals surface area contributed by atoms with Crippen molar-refractivity contribution < 1.29 is 4.92 Å². The fourth-order valence-corrected chi connectivity index (χ4v) is 0.913. The van der Waals surface area contributed by atoms with E-state index in [1.165, 1.54) is 6.20 Å². The van der Waals surface area contributed by atoms with Crippen molar-refractivity contribution in [1.82, 2.24) is 10.3 Å². The van der Waals surface area contributed by atoms with Crippen molar-refractivity contribution in [2.45, 2.75) is 6.54 Å². The molecule has 1 aromatic heterocycles. The monoisotopic (exact) mass is 213 g/mol. The van der Waals surface area contributed by atoms with E-state index in [4.69, 9.17) is 11.6 Å². The quantitative estimate of drug-likeness (QED) is 0.468. The molecule has 0 aliphatic heterocycles. The Labute approximate surface area is 85.6 Å². The number of nitrogens with zero attached hydrogens (tertiary/aromatic N) is 2. The zero-order valence-corrected chi connectivity index (χ0v) is 7.94. The minimum absolute atomic E-state index is 0.426. The summed E-state index contributed by atoms with van der Waals surface area (Å²) in [5, 5.41) is 13.1. The Morgan fingerprint density at radius 2 is 2.43 bits per heavy atom. The van der Waals surface area contributed by atoms with Crippen molar-refractivity contribution in [3.05, 3.63) is 51.6 Å².